The summed E-state index contributed by atoms with van der Waals surface area (Å²) in [6, 6.07) is 17.1. The molecule has 0 bridgehead atoms. The van der Waals surface area contributed by atoms with Gasteiger partial charge in [-0.15, -0.1) is 0 Å². The Labute approximate surface area is 153 Å². The molecule has 0 N–H and O–H groups in total. The fourth-order valence-corrected chi connectivity index (χ4v) is 2.78. The van der Waals surface area contributed by atoms with Crippen molar-refractivity contribution in [2.24, 2.45) is 0 Å². The van der Waals surface area contributed by atoms with Gasteiger partial charge in [-0.05, 0) is 31.2 Å². The highest BCUT2D eigenvalue weighted by atomic mass is 16.5. The second-order valence-corrected chi connectivity index (χ2v) is 6.12. The minimum atomic E-state index is -0.152. The molecule has 0 fully saturated rings. The smallest absolute Gasteiger partial charge is 0.226 e. The zero-order chi connectivity index (χ0) is 18.5. The second-order valence-electron chi connectivity index (χ2n) is 6.12. The molecule has 0 aliphatic carbocycles. The van der Waals surface area contributed by atoms with Crippen molar-refractivity contribution in [3.05, 3.63) is 60.4 Å². The summed E-state index contributed by atoms with van der Waals surface area (Å²) in [5.74, 6) is 2.06. The Hall–Kier alpha value is -2.95. The van der Waals surface area contributed by atoms with Crippen LogP contribution in [0.3, 0.4) is 0 Å². The van der Waals surface area contributed by atoms with E-state index in [9.17, 15) is 4.79 Å². The zero-order valence-electron chi connectivity index (χ0n) is 15.3. The number of carbonyl (C=O) groups is 1. The quantitative estimate of drug-likeness (QED) is 0.630. The second kappa shape index (κ2) is 7.95. The summed E-state index contributed by atoms with van der Waals surface area (Å²) < 4.78 is 16.8. The van der Waals surface area contributed by atoms with Gasteiger partial charge in [0, 0.05) is 12.4 Å². The molecule has 5 nitrogen and oxygen atoms in total. The SMILES string of the molecule is COc1ccccc1OCCC(=O)N(C)C(C)c1cc2ccccc2o1. The van der Waals surface area contributed by atoms with Crippen molar-refractivity contribution < 1.29 is 18.7 Å². The average molecular weight is 353 g/mol. The van der Waals surface area contributed by atoms with Gasteiger partial charge in [-0.3, -0.25) is 4.79 Å². The number of hydrogen-bond donors (Lipinski definition) is 0. The molecular formula is C21H23NO4. The van der Waals surface area contributed by atoms with Crippen LogP contribution in [0.4, 0.5) is 0 Å². The molecule has 3 rings (SSSR count). The first-order chi connectivity index (χ1) is 12.6. The Morgan fingerprint density at radius 3 is 2.54 bits per heavy atom. The first-order valence-corrected chi connectivity index (χ1v) is 8.60. The van der Waals surface area contributed by atoms with Crippen LogP contribution in [0.2, 0.25) is 0 Å². The van der Waals surface area contributed by atoms with Crippen LogP contribution < -0.4 is 9.47 Å². The lowest BCUT2D eigenvalue weighted by molar-refractivity contribution is -0.132. The Bertz CT molecular complexity index is 853. The number of hydrogen-bond acceptors (Lipinski definition) is 4. The lowest BCUT2D eigenvalue weighted by Gasteiger charge is -2.23. The minimum Gasteiger partial charge on any atom is -0.493 e. The van der Waals surface area contributed by atoms with Gasteiger partial charge in [0.05, 0.1) is 26.2 Å². The number of furan rings is 1. The number of fused-ring (bicyclic) bond motifs is 1. The third-order valence-electron chi connectivity index (χ3n) is 4.47. The summed E-state index contributed by atoms with van der Waals surface area (Å²) in [5.41, 5.74) is 0.828. The molecular weight excluding hydrogens is 330 g/mol. The first kappa shape index (κ1) is 17.9. The van der Waals surface area contributed by atoms with Gasteiger partial charge in [0.25, 0.3) is 0 Å². The number of carbonyl (C=O) groups excluding carboxylic acids is 1. The molecule has 2 aromatic carbocycles. The molecule has 136 valence electrons. The molecule has 1 unspecified atom stereocenters. The molecule has 0 radical (unpaired) electrons. The van der Waals surface area contributed by atoms with Crippen LogP contribution >= 0.6 is 0 Å². The summed E-state index contributed by atoms with van der Waals surface area (Å²) in [7, 11) is 3.37. The molecule has 0 aliphatic rings. The highest BCUT2D eigenvalue weighted by Gasteiger charge is 2.20. The van der Waals surface area contributed by atoms with Crippen molar-refractivity contribution in [2.75, 3.05) is 20.8 Å². The molecule has 0 saturated heterocycles. The number of rotatable bonds is 7. The third kappa shape index (κ3) is 3.82. The summed E-state index contributed by atoms with van der Waals surface area (Å²) in [5, 5.41) is 1.04. The molecule has 5 heteroatoms. The third-order valence-corrected chi connectivity index (χ3v) is 4.47. The van der Waals surface area contributed by atoms with Gasteiger partial charge in [0.1, 0.15) is 11.3 Å². The fraction of sp³-hybridized carbons (Fsp3) is 0.286. The number of para-hydroxylation sites is 3. The zero-order valence-corrected chi connectivity index (χ0v) is 15.3. The van der Waals surface area contributed by atoms with Gasteiger partial charge in [0.2, 0.25) is 5.91 Å². The van der Waals surface area contributed by atoms with E-state index in [-0.39, 0.29) is 25.0 Å². The lowest BCUT2D eigenvalue weighted by atomic mass is 10.2. The lowest BCUT2D eigenvalue weighted by Crippen LogP contribution is -2.30. The van der Waals surface area contributed by atoms with Crippen LogP contribution in [0.25, 0.3) is 11.0 Å². The van der Waals surface area contributed by atoms with Crippen LogP contribution in [0, 0.1) is 0 Å². The molecule has 26 heavy (non-hydrogen) atoms. The van der Waals surface area contributed by atoms with Crippen molar-refractivity contribution in [3.8, 4) is 11.5 Å². The van der Waals surface area contributed by atoms with E-state index in [1.54, 1.807) is 19.1 Å². The maximum absolute atomic E-state index is 12.5. The van der Waals surface area contributed by atoms with Crippen molar-refractivity contribution >= 4 is 16.9 Å². The van der Waals surface area contributed by atoms with E-state index in [0.29, 0.717) is 11.5 Å². The van der Waals surface area contributed by atoms with Crippen LogP contribution in [0.1, 0.15) is 25.1 Å². The highest BCUT2D eigenvalue weighted by molar-refractivity contribution is 5.79. The number of amides is 1. The summed E-state index contributed by atoms with van der Waals surface area (Å²) >= 11 is 0. The van der Waals surface area contributed by atoms with E-state index in [0.717, 1.165) is 16.7 Å². The Morgan fingerprint density at radius 2 is 1.81 bits per heavy atom. The molecule has 3 aromatic rings. The average Bonchev–Trinajstić information content (AvgIpc) is 3.11. The van der Waals surface area contributed by atoms with E-state index < -0.39 is 0 Å². The Kier molecular flexibility index (Phi) is 5.46. The topological polar surface area (TPSA) is 51.9 Å². The summed E-state index contributed by atoms with van der Waals surface area (Å²) in [4.78, 5) is 14.2. The summed E-state index contributed by atoms with van der Waals surface area (Å²) in [6.45, 7) is 2.24. The number of methoxy groups -OCH3 is 1. The number of ether oxygens (including phenoxy) is 2. The van der Waals surface area contributed by atoms with Crippen LogP contribution in [-0.2, 0) is 4.79 Å². The number of benzene rings is 2. The Balaban J connectivity index is 1.58. The van der Waals surface area contributed by atoms with Crippen LogP contribution in [-0.4, -0.2) is 31.6 Å². The van der Waals surface area contributed by atoms with Gasteiger partial charge in [-0.1, -0.05) is 30.3 Å². The normalized spacial score (nSPS) is 12.0. The van der Waals surface area contributed by atoms with Crippen molar-refractivity contribution in [1.29, 1.82) is 0 Å². The molecule has 0 saturated carbocycles. The predicted octanol–water partition coefficient (Wildman–Crippen LogP) is 4.43. The Morgan fingerprint density at radius 1 is 1.12 bits per heavy atom. The maximum Gasteiger partial charge on any atom is 0.226 e. The van der Waals surface area contributed by atoms with Gasteiger partial charge in [-0.25, -0.2) is 0 Å². The molecule has 1 aromatic heterocycles. The van der Waals surface area contributed by atoms with Gasteiger partial charge < -0.3 is 18.8 Å². The van der Waals surface area contributed by atoms with Crippen molar-refractivity contribution in [1.82, 2.24) is 4.90 Å². The highest BCUT2D eigenvalue weighted by Crippen LogP contribution is 2.28. The molecule has 1 heterocycles. The predicted molar refractivity (Wildman–Crippen MR) is 101 cm³/mol. The van der Waals surface area contributed by atoms with Crippen molar-refractivity contribution in [2.45, 2.75) is 19.4 Å². The molecule has 0 spiro atoms. The largest absolute Gasteiger partial charge is 0.493 e. The van der Waals surface area contributed by atoms with Crippen molar-refractivity contribution in [3.63, 3.8) is 0 Å². The van der Waals surface area contributed by atoms with E-state index in [1.165, 1.54) is 0 Å². The first-order valence-electron chi connectivity index (χ1n) is 8.60. The van der Waals surface area contributed by atoms with Crippen LogP contribution in [0.15, 0.2) is 59.0 Å². The monoisotopic (exact) mass is 353 g/mol. The maximum atomic E-state index is 12.5. The molecule has 1 amide bonds. The standard InChI is InChI=1S/C21H23NO4/c1-15(20-14-16-8-4-5-9-17(16)26-20)22(2)21(23)12-13-25-19-11-7-6-10-18(19)24-3/h4-11,14-15H,12-13H2,1-3H3. The van der Waals surface area contributed by atoms with Gasteiger partial charge in [-0.2, -0.15) is 0 Å². The van der Waals surface area contributed by atoms with Crippen LogP contribution in [0.5, 0.6) is 11.5 Å². The van der Waals surface area contributed by atoms with E-state index >= 15 is 0 Å². The molecule has 0 aliphatic heterocycles. The van der Waals surface area contributed by atoms with E-state index in [1.807, 2.05) is 61.5 Å². The summed E-state index contributed by atoms with van der Waals surface area (Å²) in [6.07, 6.45) is 0.277. The minimum absolute atomic E-state index is 0.00662. The van der Waals surface area contributed by atoms with E-state index in [2.05, 4.69) is 0 Å². The molecule has 1 atom stereocenters. The number of nitrogens with zero attached hydrogens (tertiary/aromatic N) is 1. The fourth-order valence-electron chi connectivity index (χ4n) is 2.78. The van der Waals surface area contributed by atoms with Gasteiger partial charge in [0.15, 0.2) is 11.5 Å². The van der Waals surface area contributed by atoms with E-state index in [4.69, 9.17) is 13.9 Å². The van der Waals surface area contributed by atoms with Gasteiger partial charge >= 0.3 is 0 Å².